The SMILES string of the molecule is Cn1c([O-])nc2c(c1=O)=NC(=O)N=2. The number of hydrogen-bond acceptors (Lipinski definition) is 4. The molecule has 0 atom stereocenters. The fraction of sp³-hybridized carbons (Fsp3) is 0.167. The van der Waals surface area contributed by atoms with Crippen molar-refractivity contribution in [1.29, 1.82) is 0 Å². The Hall–Kier alpha value is -2.05. The van der Waals surface area contributed by atoms with Crippen molar-refractivity contribution in [3.05, 3.63) is 21.2 Å². The summed E-state index contributed by atoms with van der Waals surface area (Å²) in [6, 6.07) is -1.54. The normalized spacial score (nSPS) is 13.5. The zero-order valence-corrected chi connectivity index (χ0v) is 6.51. The summed E-state index contributed by atoms with van der Waals surface area (Å²) in [5.41, 5.74) is -0.831. The predicted octanol–water partition coefficient (Wildman–Crippen LogP) is -2.77. The Balaban J connectivity index is 3.08. The van der Waals surface area contributed by atoms with Gasteiger partial charge in [0.1, 0.15) is 0 Å². The van der Waals surface area contributed by atoms with Gasteiger partial charge in [-0.3, -0.25) is 4.79 Å². The molecule has 7 nitrogen and oxygen atoms in total. The predicted molar refractivity (Wildman–Crippen MR) is 36.6 cm³/mol. The summed E-state index contributed by atoms with van der Waals surface area (Å²) in [5.74, 6) is 0. The molecule has 0 aromatic carbocycles. The fourth-order valence-electron chi connectivity index (χ4n) is 0.947. The van der Waals surface area contributed by atoms with Crippen LogP contribution < -0.4 is 21.5 Å². The maximum atomic E-state index is 11.2. The van der Waals surface area contributed by atoms with E-state index in [1.807, 2.05) is 0 Å². The van der Waals surface area contributed by atoms with Gasteiger partial charge in [0.05, 0.1) is 6.01 Å². The van der Waals surface area contributed by atoms with Crippen LogP contribution in [0.3, 0.4) is 0 Å². The molecule has 0 saturated carbocycles. The third-order valence-electron chi connectivity index (χ3n) is 1.62. The molecule has 1 aliphatic heterocycles. The summed E-state index contributed by atoms with van der Waals surface area (Å²) >= 11 is 0. The quantitative estimate of drug-likeness (QED) is 0.430. The summed E-state index contributed by atoms with van der Waals surface area (Å²) in [6.07, 6.45) is 0. The molecule has 0 fully saturated rings. The number of urea groups is 1. The molecule has 0 unspecified atom stereocenters. The first-order valence-electron chi connectivity index (χ1n) is 3.35. The van der Waals surface area contributed by atoms with Gasteiger partial charge in [-0.1, -0.05) is 0 Å². The molecule has 0 saturated heterocycles. The van der Waals surface area contributed by atoms with Crippen LogP contribution in [-0.2, 0) is 7.05 Å². The fourth-order valence-corrected chi connectivity index (χ4v) is 0.947. The molecule has 13 heavy (non-hydrogen) atoms. The molecule has 2 rings (SSSR count). The maximum absolute atomic E-state index is 11.2. The van der Waals surface area contributed by atoms with E-state index in [0.29, 0.717) is 0 Å². The minimum atomic E-state index is -0.801. The van der Waals surface area contributed by atoms with E-state index in [1.165, 1.54) is 7.05 Å². The smallest absolute Gasteiger partial charge is 0.370 e. The first-order valence-corrected chi connectivity index (χ1v) is 3.35. The van der Waals surface area contributed by atoms with E-state index in [0.717, 1.165) is 4.57 Å². The van der Waals surface area contributed by atoms with Crippen LogP contribution in [0.4, 0.5) is 4.79 Å². The zero-order chi connectivity index (χ0) is 9.59. The van der Waals surface area contributed by atoms with Crippen LogP contribution in [-0.4, -0.2) is 15.6 Å². The van der Waals surface area contributed by atoms with Crippen molar-refractivity contribution in [3.8, 4) is 6.01 Å². The lowest BCUT2D eigenvalue weighted by molar-refractivity contribution is -0.286. The molecule has 2 amide bonds. The summed E-state index contributed by atoms with van der Waals surface area (Å²) in [7, 11) is 1.26. The zero-order valence-electron chi connectivity index (χ0n) is 6.51. The number of carbonyl (C=O) groups is 1. The van der Waals surface area contributed by atoms with Crippen molar-refractivity contribution >= 4 is 6.03 Å². The second-order valence-electron chi connectivity index (χ2n) is 2.44. The van der Waals surface area contributed by atoms with Gasteiger partial charge in [0.2, 0.25) is 0 Å². The lowest BCUT2D eigenvalue weighted by Gasteiger charge is -2.07. The summed E-state index contributed by atoms with van der Waals surface area (Å²) in [6.45, 7) is 0. The monoisotopic (exact) mass is 179 g/mol. The van der Waals surface area contributed by atoms with Gasteiger partial charge in [-0.25, -0.2) is 9.78 Å². The Morgan fingerprint density at radius 1 is 1.31 bits per heavy atom. The van der Waals surface area contributed by atoms with Crippen LogP contribution in [0.25, 0.3) is 0 Å². The minimum absolute atomic E-state index is 0.160. The largest absolute Gasteiger partial charge is 0.846 e. The van der Waals surface area contributed by atoms with Crippen LogP contribution >= 0.6 is 0 Å². The molecule has 0 spiro atoms. The highest BCUT2D eigenvalue weighted by Crippen LogP contribution is 1.86. The van der Waals surface area contributed by atoms with E-state index in [9.17, 15) is 14.7 Å². The first-order chi connectivity index (χ1) is 6.09. The lowest BCUT2D eigenvalue weighted by atomic mass is 10.6. The van der Waals surface area contributed by atoms with E-state index >= 15 is 0 Å². The number of amides is 2. The van der Waals surface area contributed by atoms with Gasteiger partial charge >= 0.3 is 6.03 Å². The minimum Gasteiger partial charge on any atom is -0.846 e. The lowest BCUT2D eigenvalue weighted by Crippen LogP contribution is -2.45. The highest BCUT2D eigenvalue weighted by Gasteiger charge is 2.10. The average molecular weight is 179 g/mol. The number of hydrogen-bond donors (Lipinski definition) is 0. The molecule has 0 bridgehead atoms. The topological polar surface area (TPSA) is 99.7 Å². The van der Waals surface area contributed by atoms with Crippen molar-refractivity contribution in [2.45, 2.75) is 0 Å². The summed E-state index contributed by atoms with van der Waals surface area (Å²) < 4.78 is 0.774. The van der Waals surface area contributed by atoms with E-state index in [1.54, 1.807) is 0 Å². The van der Waals surface area contributed by atoms with Gasteiger partial charge in [0, 0.05) is 7.05 Å². The van der Waals surface area contributed by atoms with E-state index in [4.69, 9.17) is 0 Å². The summed E-state index contributed by atoms with van der Waals surface area (Å²) in [5, 5.41) is 10.8. The van der Waals surface area contributed by atoms with E-state index in [2.05, 4.69) is 15.0 Å². The Morgan fingerprint density at radius 2 is 2.00 bits per heavy atom. The first kappa shape index (κ1) is 7.59. The summed E-state index contributed by atoms with van der Waals surface area (Å²) in [4.78, 5) is 31.9. The number of rotatable bonds is 0. The van der Waals surface area contributed by atoms with Crippen LogP contribution in [0.15, 0.2) is 14.8 Å². The molecule has 2 heterocycles. The number of nitrogens with zero attached hydrogens (tertiary/aromatic N) is 4. The Bertz CT molecular complexity index is 571. The number of aromatic nitrogens is 2. The Kier molecular flexibility index (Phi) is 1.30. The average Bonchev–Trinajstić information content (AvgIpc) is 2.42. The highest BCUT2D eigenvalue weighted by atomic mass is 16.3. The van der Waals surface area contributed by atoms with Gasteiger partial charge < -0.3 is 9.67 Å². The number of fused-ring (bicyclic) bond motifs is 1. The molecule has 1 aromatic rings. The van der Waals surface area contributed by atoms with Gasteiger partial charge in [-0.05, 0) is 0 Å². The van der Waals surface area contributed by atoms with Crippen molar-refractivity contribution in [2.75, 3.05) is 0 Å². The van der Waals surface area contributed by atoms with Gasteiger partial charge in [0.25, 0.3) is 5.56 Å². The molecule has 0 aliphatic carbocycles. The molecule has 66 valence electrons. The van der Waals surface area contributed by atoms with E-state index in [-0.39, 0.29) is 10.8 Å². The van der Waals surface area contributed by atoms with Crippen molar-refractivity contribution in [1.82, 2.24) is 9.55 Å². The van der Waals surface area contributed by atoms with Crippen LogP contribution in [0.5, 0.6) is 6.01 Å². The third kappa shape index (κ3) is 0.934. The van der Waals surface area contributed by atoms with Crippen LogP contribution in [0.2, 0.25) is 0 Å². The molecular formula is C6H3N4O3-. The van der Waals surface area contributed by atoms with Gasteiger partial charge in [-0.15, -0.1) is 0 Å². The van der Waals surface area contributed by atoms with Crippen LogP contribution in [0, 0.1) is 0 Å². The molecule has 7 heteroatoms. The Morgan fingerprint density at radius 3 is 2.69 bits per heavy atom. The van der Waals surface area contributed by atoms with Crippen LogP contribution in [0.1, 0.15) is 0 Å². The molecule has 1 aromatic heterocycles. The maximum Gasteiger partial charge on any atom is 0.370 e. The van der Waals surface area contributed by atoms with Gasteiger partial charge in [0.15, 0.2) is 10.8 Å². The standard InChI is InChI=1S/C6H4N4O3/c1-10-4(11)2-3(9-6(10)13)8-5(12)7-2/h1H3,(H,8,9,12,13)/p-1. The third-order valence-corrected chi connectivity index (χ3v) is 1.62. The highest BCUT2D eigenvalue weighted by molar-refractivity contribution is 5.77. The van der Waals surface area contributed by atoms with Crippen molar-refractivity contribution in [2.24, 2.45) is 17.0 Å². The van der Waals surface area contributed by atoms with Crippen molar-refractivity contribution in [3.63, 3.8) is 0 Å². The second kappa shape index (κ2) is 2.22. The Labute approximate surface area is 70.7 Å². The van der Waals surface area contributed by atoms with Gasteiger partial charge in [-0.2, -0.15) is 9.98 Å². The molecular weight excluding hydrogens is 176 g/mol. The van der Waals surface area contributed by atoms with Crippen molar-refractivity contribution < 1.29 is 9.90 Å². The second-order valence-corrected chi connectivity index (χ2v) is 2.44. The van der Waals surface area contributed by atoms with E-state index < -0.39 is 17.6 Å². The number of carbonyl (C=O) groups excluding carboxylic acids is 1. The molecule has 0 radical (unpaired) electrons. The molecule has 1 aliphatic rings. The molecule has 0 N–H and O–H groups in total.